The zero-order valence-electron chi connectivity index (χ0n) is 25.6. The molecule has 1 aromatic carbocycles. The van der Waals surface area contributed by atoms with Crippen LogP contribution in [0.25, 0.3) is 0 Å². The van der Waals surface area contributed by atoms with Gasteiger partial charge in [0.1, 0.15) is 17.5 Å². The molecule has 2 aliphatic rings. The van der Waals surface area contributed by atoms with Gasteiger partial charge in [-0.3, -0.25) is 14.6 Å². The summed E-state index contributed by atoms with van der Waals surface area (Å²) in [5.41, 5.74) is 5.82. The molecular weight excluding hydrogens is 554 g/mol. The second kappa shape index (κ2) is 12.6. The van der Waals surface area contributed by atoms with Gasteiger partial charge in [0.2, 0.25) is 11.8 Å². The Morgan fingerprint density at radius 3 is 2.48 bits per heavy atom. The van der Waals surface area contributed by atoms with Crippen LogP contribution in [0.1, 0.15) is 55.9 Å². The first-order valence-electron chi connectivity index (χ1n) is 14.6. The Morgan fingerprint density at radius 1 is 1.07 bits per heavy atom. The predicted molar refractivity (Wildman–Crippen MR) is 165 cm³/mol. The van der Waals surface area contributed by atoms with Gasteiger partial charge in [0.05, 0.1) is 24.2 Å². The molecule has 0 unspecified atom stereocenters. The van der Waals surface area contributed by atoms with E-state index in [-0.39, 0.29) is 42.3 Å². The number of hydrogen-bond donors (Lipinski definition) is 0. The Balaban J connectivity index is 1.61. The molecule has 2 amide bonds. The number of aryl methyl sites for hydroxylation is 4. The lowest BCUT2D eigenvalue weighted by molar-refractivity contribution is -0.128. The SMILES string of the molecule is C=CC(=O)N1CCN(c2nc(Oc3c(C)ccnc3C)c(C#N)c3c2CCN(C(=O)c2c(C)cccc2C)C3)C[C@H]1CC#N. The first kappa shape index (κ1) is 30.2. The zero-order valence-corrected chi connectivity index (χ0v) is 25.6. The summed E-state index contributed by atoms with van der Waals surface area (Å²) in [5.74, 6) is 1.00. The highest BCUT2D eigenvalue weighted by atomic mass is 16.5. The van der Waals surface area contributed by atoms with Crippen LogP contribution in [0.2, 0.25) is 0 Å². The minimum atomic E-state index is -0.356. The van der Waals surface area contributed by atoms with Crippen molar-refractivity contribution in [3.63, 3.8) is 0 Å². The minimum absolute atomic E-state index is 0.0828. The molecule has 2 aromatic heterocycles. The van der Waals surface area contributed by atoms with Crippen LogP contribution >= 0.6 is 0 Å². The number of carbonyl (C=O) groups is 2. The van der Waals surface area contributed by atoms with Crippen molar-refractivity contribution >= 4 is 17.6 Å². The Bertz CT molecular complexity index is 1700. The van der Waals surface area contributed by atoms with E-state index in [2.05, 4.69) is 28.6 Å². The summed E-state index contributed by atoms with van der Waals surface area (Å²) in [6.45, 7) is 13.1. The molecule has 0 saturated carbocycles. The van der Waals surface area contributed by atoms with Gasteiger partial charge in [0.15, 0.2) is 5.75 Å². The van der Waals surface area contributed by atoms with E-state index in [1.54, 1.807) is 16.0 Å². The van der Waals surface area contributed by atoms with E-state index in [0.717, 1.165) is 22.3 Å². The van der Waals surface area contributed by atoms with Crippen LogP contribution in [0.4, 0.5) is 5.82 Å². The zero-order chi connectivity index (χ0) is 31.5. The molecule has 10 nitrogen and oxygen atoms in total. The van der Waals surface area contributed by atoms with Gasteiger partial charge in [-0.05, 0) is 62.9 Å². The highest BCUT2D eigenvalue weighted by Gasteiger charge is 2.35. The van der Waals surface area contributed by atoms with Crippen LogP contribution in [-0.4, -0.2) is 63.8 Å². The van der Waals surface area contributed by atoms with Crippen molar-refractivity contribution in [1.29, 1.82) is 10.5 Å². The number of benzene rings is 1. The molecule has 1 saturated heterocycles. The monoisotopic (exact) mass is 589 g/mol. The molecule has 2 aliphatic heterocycles. The number of carbonyl (C=O) groups excluding carboxylic acids is 2. The van der Waals surface area contributed by atoms with Crippen molar-refractivity contribution in [3.05, 3.63) is 87.8 Å². The summed E-state index contributed by atoms with van der Waals surface area (Å²) >= 11 is 0. The fourth-order valence-electron chi connectivity index (χ4n) is 6.19. The quantitative estimate of drug-likeness (QED) is 0.379. The van der Waals surface area contributed by atoms with Gasteiger partial charge < -0.3 is 19.4 Å². The number of fused-ring (bicyclic) bond motifs is 1. The Labute approximate surface area is 257 Å². The molecule has 10 heteroatoms. The Kier molecular flexibility index (Phi) is 8.64. The van der Waals surface area contributed by atoms with E-state index in [4.69, 9.17) is 9.72 Å². The van der Waals surface area contributed by atoms with E-state index in [0.29, 0.717) is 61.0 Å². The third kappa shape index (κ3) is 5.59. The van der Waals surface area contributed by atoms with E-state index >= 15 is 0 Å². The average molecular weight is 590 g/mol. The summed E-state index contributed by atoms with van der Waals surface area (Å²) in [5, 5.41) is 20.0. The van der Waals surface area contributed by atoms with Crippen molar-refractivity contribution in [2.24, 2.45) is 0 Å². The molecule has 3 aromatic rings. The van der Waals surface area contributed by atoms with Crippen LogP contribution < -0.4 is 9.64 Å². The molecule has 44 heavy (non-hydrogen) atoms. The highest BCUT2D eigenvalue weighted by molar-refractivity contribution is 5.97. The van der Waals surface area contributed by atoms with Gasteiger partial charge >= 0.3 is 0 Å². The molecule has 0 spiro atoms. The third-order valence-electron chi connectivity index (χ3n) is 8.48. The fourth-order valence-corrected chi connectivity index (χ4v) is 6.19. The number of ether oxygens (including phenoxy) is 1. The number of hydrogen-bond acceptors (Lipinski definition) is 8. The van der Waals surface area contributed by atoms with Crippen molar-refractivity contribution in [3.8, 4) is 23.8 Å². The number of rotatable bonds is 6. The number of amides is 2. The minimum Gasteiger partial charge on any atom is -0.435 e. The fraction of sp³-hybridized carbons (Fsp3) is 0.353. The lowest BCUT2D eigenvalue weighted by Gasteiger charge is -2.42. The second-order valence-corrected chi connectivity index (χ2v) is 11.3. The van der Waals surface area contributed by atoms with E-state index in [1.165, 1.54) is 6.08 Å². The molecule has 0 aliphatic carbocycles. The largest absolute Gasteiger partial charge is 0.435 e. The maximum atomic E-state index is 13.8. The number of aromatic nitrogens is 2. The molecule has 4 heterocycles. The van der Waals surface area contributed by atoms with Gasteiger partial charge in [0.25, 0.3) is 5.91 Å². The van der Waals surface area contributed by atoms with Crippen molar-refractivity contribution in [1.82, 2.24) is 19.8 Å². The maximum Gasteiger partial charge on any atom is 0.254 e. The van der Waals surface area contributed by atoms with E-state index < -0.39 is 0 Å². The molecule has 5 rings (SSSR count). The van der Waals surface area contributed by atoms with E-state index in [9.17, 15) is 20.1 Å². The summed E-state index contributed by atoms with van der Waals surface area (Å²) in [4.78, 5) is 41.2. The lowest BCUT2D eigenvalue weighted by atomic mass is 9.94. The molecule has 1 atom stereocenters. The van der Waals surface area contributed by atoms with Gasteiger partial charge in [-0.1, -0.05) is 24.8 Å². The normalized spacial score (nSPS) is 16.0. The van der Waals surface area contributed by atoms with Crippen LogP contribution in [-0.2, 0) is 17.8 Å². The van der Waals surface area contributed by atoms with Gasteiger partial charge in [-0.15, -0.1) is 0 Å². The average Bonchev–Trinajstić information content (AvgIpc) is 3.01. The van der Waals surface area contributed by atoms with Crippen molar-refractivity contribution in [2.75, 3.05) is 31.1 Å². The molecule has 224 valence electrons. The number of pyridine rings is 2. The molecule has 0 bridgehead atoms. The summed E-state index contributed by atoms with van der Waals surface area (Å²) in [6, 6.07) is 11.8. The van der Waals surface area contributed by atoms with Crippen LogP contribution in [0, 0.1) is 50.4 Å². The third-order valence-corrected chi connectivity index (χ3v) is 8.48. The molecule has 1 fully saturated rings. The Morgan fingerprint density at radius 2 is 1.82 bits per heavy atom. The summed E-state index contributed by atoms with van der Waals surface area (Å²) in [7, 11) is 0. The van der Waals surface area contributed by atoms with Crippen LogP contribution in [0.5, 0.6) is 11.6 Å². The molecular formula is C34H35N7O3. The summed E-state index contributed by atoms with van der Waals surface area (Å²) in [6.07, 6.45) is 3.62. The van der Waals surface area contributed by atoms with Crippen LogP contribution in [0.3, 0.4) is 0 Å². The smallest absolute Gasteiger partial charge is 0.254 e. The van der Waals surface area contributed by atoms with Crippen molar-refractivity contribution in [2.45, 2.75) is 53.1 Å². The predicted octanol–water partition coefficient (Wildman–Crippen LogP) is 4.69. The van der Waals surface area contributed by atoms with E-state index in [1.807, 2.05) is 52.0 Å². The number of nitrogens with zero attached hydrogens (tertiary/aromatic N) is 7. The molecule has 0 N–H and O–H groups in total. The first-order chi connectivity index (χ1) is 21.2. The van der Waals surface area contributed by atoms with Crippen molar-refractivity contribution < 1.29 is 14.3 Å². The first-order valence-corrected chi connectivity index (χ1v) is 14.6. The highest BCUT2D eigenvalue weighted by Crippen LogP contribution is 2.39. The van der Waals surface area contributed by atoms with Gasteiger partial charge in [-0.2, -0.15) is 15.5 Å². The summed E-state index contributed by atoms with van der Waals surface area (Å²) < 4.78 is 6.37. The van der Waals surface area contributed by atoms with Gasteiger partial charge in [-0.25, -0.2) is 0 Å². The lowest BCUT2D eigenvalue weighted by Crippen LogP contribution is -2.55. The topological polar surface area (TPSA) is 126 Å². The molecule has 0 radical (unpaired) electrons. The van der Waals surface area contributed by atoms with Gasteiger partial charge in [0, 0.05) is 55.6 Å². The number of anilines is 1. The standard InChI is InChI=1S/C34H35N7O3/c1-6-29(42)41-17-16-39(19-25(41)10-13-35)32-26-12-15-40(34(43)30-21(2)8-7-9-22(30)3)20-28(26)27(18-36)33(38-32)44-31-23(4)11-14-37-24(31)5/h6-9,11,14,25H,1,10,12,15-17,19-20H2,2-5H3/t25-/m1/s1. The van der Waals surface area contributed by atoms with Crippen LogP contribution in [0.15, 0.2) is 43.1 Å². The number of nitriles is 2. The Hall–Kier alpha value is -5.22. The maximum absolute atomic E-state index is 13.8. The number of piperazine rings is 1. The second-order valence-electron chi connectivity index (χ2n) is 11.3.